The second kappa shape index (κ2) is 4.95. The van der Waals surface area contributed by atoms with E-state index in [1.54, 1.807) is 0 Å². The minimum atomic E-state index is -1.92. The standard InChI is InChI=1S/C10H8N2O6/c11-10(18)12(7(13)9(16)17)6-4-2-1-3-5(6)8(14)15/h1-4H,(H2,11,18)(H,14,15)(H,16,17). The predicted molar refractivity (Wildman–Crippen MR) is 58.1 cm³/mol. The molecule has 0 bridgehead atoms. The number of para-hydroxylation sites is 1. The molecule has 0 heterocycles. The smallest absolute Gasteiger partial charge is 0.395 e. The number of nitrogens with zero attached hydrogens (tertiary/aromatic N) is 1. The lowest BCUT2D eigenvalue weighted by atomic mass is 10.1. The van der Waals surface area contributed by atoms with Gasteiger partial charge < -0.3 is 15.9 Å². The summed E-state index contributed by atoms with van der Waals surface area (Å²) in [4.78, 5) is 43.9. The molecule has 1 aromatic carbocycles. The topological polar surface area (TPSA) is 138 Å². The van der Waals surface area contributed by atoms with E-state index in [4.69, 9.17) is 15.9 Å². The van der Waals surface area contributed by atoms with Crippen LogP contribution in [0, 0.1) is 0 Å². The van der Waals surface area contributed by atoms with Crippen molar-refractivity contribution in [1.29, 1.82) is 0 Å². The number of nitrogens with two attached hydrogens (primary N) is 1. The van der Waals surface area contributed by atoms with Gasteiger partial charge in [-0.05, 0) is 12.1 Å². The predicted octanol–water partition coefficient (Wildman–Crippen LogP) is -0.119. The second-order valence-corrected chi connectivity index (χ2v) is 3.11. The van der Waals surface area contributed by atoms with Crippen molar-refractivity contribution < 1.29 is 29.4 Å². The first-order chi connectivity index (χ1) is 8.36. The Labute approximate surface area is 100 Å². The van der Waals surface area contributed by atoms with Gasteiger partial charge in [0.15, 0.2) is 0 Å². The molecule has 0 aliphatic heterocycles. The average Bonchev–Trinajstić information content (AvgIpc) is 2.28. The molecule has 18 heavy (non-hydrogen) atoms. The van der Waals surface area contributed by atoms with E-state index in [-0.39, 0.29) is 4.90 Å². The summed E-state index contributed by atoms with van der Waals surface area (Å²) in [6.07, 6.45) is 0. The summed E-state index contributed by atoms with van der Waals surface area (Å²) < 4.78 is 0. The van der Waals surface area contributed by atoms with Gasteiger partial charge in [0.05, 0.1) is 11.3 Å². The number of imide groups is 1. The number of hydrogen-bond donors (Lipinski definition) is 3. The quantitative estimate of drug-likeness (QED) is 0.627. The second-order valence-electron chi connectivity index (χ2n) is 3.11. The van der Waals surface area contributed by atoms with Gasteiger partial charge in [0.25, 0.3) is 0 Å². The number of rotatable bonds is 2. The lowest BCUT2D eigenvalue weighted by Gasteiger charge is -2.17. The van der Waals surface area contributed by atoms with Gasteiger partial charge in [-0.1, -0.05) is 12.1 Å². The molecule has 1 rings (SSSR count). The van der Waals surface area contributed by atoms with Crippen LogP contribution in [-0.4, -0.2) is 34.1 Å². The van der Waals surface area contributed by atoms with E-state index < -0.39 is 35.1 Å². The van der Waals surface area contributed by atoms with Crippen molar-refractivity contribution in [2.75, 3.05) is 4.90 Å². The number of carbonyl (C=O) groups excluding carboxylic acids is 2. The van der Waals surface area contributed by atoms with Crippen LogP contribution >= 0.6 is 0 Å². The third kappa shape index (κ3) is 2.43. The summed E-state index contributed by atoms with van der Waals surface area (Å²) >= 11 is 0. The lowest BCUT2D eigenvalue weighted by molar-refractivity contribution is -0.148. The van der Waals surface area contributed by atoms with Crippen molar-refractivity contribution in [2.45, 2.75) is 0 Å². The Morgan fingerprint density at radius 3 is 2.06 bits per heavy atom. The number of carboxylic acids is 2. The molecule has 0 aliphatic carbocycles. The summed E-state index contributed by atoms with van der Waals surface area (Å²) in [6.45, 7) is 0. The van der Waals surface area contributed by atoms with Gasteiger partial charge in [-0.25, -0.2) is 19.3 Å². The van der Waals surface area contributed by atoms with Crippen LogP contribution < -0.4 is 10.6 Å². The van der Waals surface area contributed by atoms with Gasteiger partial charge in [-0.15, -0.1) is 0 Å². The fourth-order valence-electron chi connectivity index (χ4n) is 1.27. The van der Waals surface area contributed by atoms with Crippen molar-refractivity contribution in [3.8, 4) is 0 Å². The number of carboxylic acid groups (broad SMARTS) is 2. The van der Waals surface area contributed by atoms with Gasteiger partial charge in [-0.3, -0.25) is 4.79 Å². The number of carbonyl (C=O) groups is 4. The van der Waals surface area contributed by atoms with Crippen LogP contribution in [0.1, 0.15) is 10.4 Å². The van der Waals surface area contributed by atoms with Gasteiger partial charge >= 0.3 is 23.9 Å². The summed E-state index contributed by atoms with van der Waals surface area (Å²) in [5.74, 6) is -4.97. The third-order valence-corrected chi connectivity index (χ3v) is 1.98. The molecule has 0 spiro atoms. The Hall–Kier alpha value is -2.90. The van der Waals surface area contributed by atoms with Crippen molar-refractivity contribution in [3.05, 3.63) is 29.8 Å². The van der Waals surface area contributed by atoms with Crippen LogP contribution in [0.3, 0.4) is 0 Å². The van der Waals surface area contributed by atoms with E-state index >= 15 is 0 Å². The Bertz CT molecular complexity index is 539. The molecular weight excluding hydrogens is 244 g/mol. The molecule has 0 atom stereocenters. The van der Waals surface area contributed by atoms with E-state index in [1.807, 2.05) is 0 Å². The molecule has 0 saturated carbocycles. The maximum atomic E-state index is 11.3. The van der Waals surface area contributed by atoms with E-state index in [2.05, 4.69) is 0 Å². The molecule has 1 aromatic rings. The average molecular weight is 252 g/mol. The summed E-state index contributed by atoms with van der Waals surface area (Å²) in [6, 6.07) is 3.54. The molecule has 0 aromatic heterocycles. The fraction of sp³-hybridized carbons (Fsp3) is 0. The molecule has 0 radical (unpaired) electrons. The minimum Gasteiger partial charge on any atom is -0.478 e. The molecule has 0 saturated heterocycles. The highest BCUT2D eigenvalue weighted by molar-refractivity contribution is 6.43. The highest BCUT2D eigenvalue weighted by Gasteiger charge is 2.30. The van der Waals surface area contributed by atoms with E-state index in [1.165, 1.54) is 12.1 Å². The number of aromatic carboxylic acids is 1. The van der Waals surface area contributed by atoms with Gasteiger partial charge in [0.2, 0.25) is 0 Å². The maximum Gasteiger partial charge on any atom is 0.395 e. The molecular formula is C10H8N2O6. The van der Waals surface area contributed by atoms with Crippen LogP contribution in [0.5, 0.6) is 0 Å². The first-order valence-electron chi connectivity index (χ1n) is 4.55. The molecule has 8 nitrogen and oxygen atoms in total. The van der Waals surface area contributed by atoms with Crippen LogP contribution in [-0.2, 0) is 9.59 Å². The zero-order valence-corrected chi connectivity index (χ0v) is 8.86. The highest BCUT2D eigenvalue weighted by Crippen LogP contribution is 2.20. The lowest BCUT2D eigenvalue weighted by Crippen LogP contribution is -2.45. The van der Waals surface area contributed by atoms with Crippen LogP contribution in [0.2, 0.25) is 0 Å². The molecule has 94 valence electrons. The largest absolute Gasteiger partial charge is 0.478 e. The van der Waals surface area contributed by atoms with E-state index in [9.17, 15) is 19.2 Å². The van der Waals surface area contributed by atoms with E-state index in [0.717, 1.165) is 12.1 Å². The van der Waals surface area contributed by atoms with Crippen LogP contribution in [0.4, 0.5) is 10.5 Å². The Morgan fingerprint density at radius 1 is 1.06 bits per heavy atom. The zero-order valence-electron chi connectivity index (χ0n) is 8.86. The van der Waals surface area contributed by atoms with Crippen molar-refractivity contribution in [3.63, 3.8) is 0 Å². The molecule has 3 amide bonds. The molecule has 8 heteroatoms. The Morgan fingerprint density at radius 2 is 1.61 bits per heavy atom. The Kier molecular flexibility index (Phi) is 3.62. The first kappa shape index (κ1) is 13.2. The highest BCUT2D eigenvalue weighted by atomic mass is 16.4. The Balaban J connectivity index is 3.40. The number of aliphatic carboxylic acids is 1. The SMILES string of the molecule is NC(=O)N(C(=O)C(=O)O)c1ccccc1C(=O)O. The van der Waals surface area contributed by atoms with Gasteiger partial charge in [0, 0.05) is 0 Å². The molecule has 0 aliphatic rings. The molecule has 0 unspecified atom stereocenters. The minimum absolute atomic E-state index is 0.0891. The number of urea groups is 1. The van der Waals surface area contributed by atoms with Crippen molar-refractivity contribution >= 4 is 29.6 Å². The summed E-state index contributed by atoms with van der Waals surface area (Å²) in [7, 11) is 0. The summed E-state index contributed by atoms with van der Waals surface area (Å²) in [5, 5.41) is 17.4. The number of anilines is 1. The van der Waals surface area contributed by atoms with Crippen molar-refractivity contribution in [2.24, 2.45) is 5.73 Å². The molecule has 4 N–H and O–H groups in total. The number of benzene rings is 1. The zero-order chi connectivity index (χ0) is 13.9. The number of amides is 3. The third-order valence-electron chi connectivity index (χ3n) is 1.98. The summed E-state index contributed by atoms with van der Waals surface area (Å²) in [5.41, 5.74) is 4.08. The number of primary amides is 1. The normalized spacial score (nSPS) is 9.56. The van der Waals surface area contributed by atoms with Gasteiger partial charge in [0.1, 0.15) is 0 Å². The van der Waals surface area contributed by atoms with E-state index in [0.29, 0.717) is 0 Å². The molecule has 0 fully saturated rings. The monoisotopic (exact) mass is 252 g/mol. The number of hydrogen-bond acceptors (Lipinski definition) is 4. The van der Waals surface area contributed by atoms with Crippen molar-refractivity contribution in [1.82, 2.24) is 0 Å². The first-order valence-corrected chi connectivity index (χ1v) is 4.55. The van der Waals surface area contributed by atoms with Gasteiger partial charge in [-0.2, -0.15) is 0 Å². The van der Waals surface area contributed by atoms with Crippen LogP contribution in [0.15, 0.2) is 24.3 Å². The fourth-order valence-corrected chi connectivity index (χ4v) is 1.27. The van der Waals surface area contributed by atoms with Crippen LogP contribution in [0.25, 0.3) is 0 Å². The maximum absolute atomic E-state index is 11.3.